The standard InChI is InChI=1S/C27H35ClN2O6S/c1-34-23-10-11-24(35-2)25(18-23)37(32,33)30-16-12-27(13-17-30,19-26(31)29-14-4-3-5-15-29)20-36-22-8-6-21(28)7-9-22/h6-11,18H,3-5,12-17,19-20H2,1-2H3. The van der Waals surface area contributed by atoms with E-state index in [4.69, 9.17) is 25.8 Å². The topological polar surface area (TPSA) is 85.4 Å². The quantitative estimate of drug-likeness (QED) is 0.453. The van der Waals surface area contributed by atoms with Crippen LogP contribution in [-0.2, 0) is 14.8 Å². The average Bonchev–Trinajstić information content (AvgIpc) is 2.93. The van der Waals surface area contributed by atoms with Crippen LogP contribution in [0.2, 0.25) is 5.02 Å². The van der Waals surface area contributed by atoms with E-state index in [0.717, 1.165) is 32.4 Å². The van der Waals surface area contributed by atoms with Crippen molar-refractivity contribution in [2.45, 2.75) is 43.4 Å². The second-order valence-electron chi connectivity index (χ2n) is 9.78. The second-order valence-corrected chi connectivity index (χ2v) is 12.1. The van der Waals surface area contributed by atoms with Crippen LogP contribution in [0.5, 0.6) is 17.2 Å². The van der Waals surface area contributed by atoms with E-state index in [-0.39, 0.29) is 29.6 Å². The average molecular weight is 551 g/mol. The molecule has 0 saturated carbocycles. The minimum atomic E-state index is -3.83. The van der Waals surface area contributed by atoms with Gasteiger partial charge < -0.3 is 19.1 Å². The molecular formula is C27H35ClN2O6S. The maximum atomic E-state index is 13.6. The van der Waals surface area contributed by atoms with Crippen molar-refractivity contribution in [1.29, 1.82) is 0 Å². The highest BCUT2D eigenvalue weighted by Gasteiger charge is 2.42. The number of sulfonamides is 1. The number of ether oxygens (including phenoxy) is 3. The highest BCUT2D eigenvalue weighted by Crippen LogP contribution is 2.40. The molecule has 0 aliphatic carbocycles. The van der Waals surface area contributed by atoms with Crippen molar-refractivity contribution in [2.24, 2.45) is 5.41 Å². The van der Waals surface area contributed by atoms with E-state index < -0.39 is 15.4 Å². The Balaban J connectivity index is 1.52. The molecule has 2 aromatic rings. The number of amides is 1. The lowest BCUT2D eigenvalue weighted by Gasteiger charge is -2.42. The Kier molecular flexibility index (Phi) is 8.87. The molecule has 0 spiro atoms. The molecule has 2 heterocycles. The first kappa shape index (κ1) is 27.5. The predicted octanol–water partition coefficient (Wildman–Crippen LogP) is 4.61. The van der Waals surface area contributed by atoms with E-state index in [1.54, 1.807) is 36.4 Å². The molecule has 2 aliphatic heterocycles. The molecule has 8 nitrogen and oxygen atoms in total. The molecule has 10 heteroatoms. The first-order chi connectivity index (χ1) is 17.8. The third-order valence-corrected chi connectivity index (χ3v) is 9.54. The molecule has 37 heavy (non-hydrogen) atoms. The fourth-order valence-corrected chi connectivity index (χ4v) is 6.78. The van der Waals surface area contributed by atoms with E-state index in [0.29, 0.717) is 42.4 Å². The van der Waals surface area contributed by atoms with Crippen molar-refractivity contribution in [3.05, 3.63) is 47.5 Å². The van der Waals surface area contributed by atoms with Gasteiger partial charge in [0.1, 0.15) is 22.1 Å². The molecule has 2 saturated heterocycles. The van der Waals surface area contributed by atoms with Gasteiger partial charge in [0.15, 0.2) is 0 Å². The van der Waals surface area contributed by atoms with Gasteiger partial charge in [0, 0.05) is 49.1 Å². The monoisotopic (exact) mass is 550 g/mol. The van der Waals surface area contributed by atoms with Gasteiger partial charge in [-0.1, -0.05) is 11.6 Å². The molecule has 202 valence electrons. The van der Waals surface area contributed by atoms with Crippen LogP contribution in [0.25, 0.3) is 0 Å². The van der Waals surface area contributed by atoms with Gasteiger partial charge in [-0.25, -0.2) is 8.42 Å². The number of nitrogens with zero attached hydrogens (tertiary/aromatic N) is 2. The summed E-state index contributed by atoms with van der Waals surface area (Å²) < 4.78 is 45.4. The van der Waals surface area contributed by atoms with Crippen LogP contribution in [0.3, 0.4) is 0 Å². The van der Waals surface area contributed by atoms with E-state index >= 15 is 0 Å². The molecule has 2 fully saturated rings. The number of carbonyl (C=O) groups is 1. The van der Waals surface area contributed by atoms with Crippen LogP contribution in [0, 0.1) is 5.41 Å². The Labute approximate surface area is 224 Å². The largest absolute Gasteiger partial charge is 0.497 e. The van der Waals surface area contributed by atoms with E-state index in [1.807, 2.05) is 4.90 Å². The smallest absolute Gasteiger partial charge is 0.246 e. The van der Waals surface area contributed by atoms with E-state index in [1.165, 1.54) is 24.6 Å². The molecule has 0 unspecified atom stereocenters. The van der Waals surface area contributed by atoms with Crippen LogP contribution in [-0.4, -0.2) is 70.5 Å². The van der Waals surface area contributed by atoms with Gasteiger partial charge in [-0.2, -0.15) is 4.31 Å². The number of carbonyl (C=O) groups excluding carboxylic acids is 1. The zero-order chi connectivity index (χ0) is 26.5. The lowest BCUT2D eigenvalue weighted by molar-refractivity contribution is -0.136. The summed E-state index contributed by atoms with van der Waals surface area (Å²) in [6.45, 7) is 2.44. The van der Waals surface area contributed by atoms with Crippen LogP contribution >= 0.6 is 11.6 Å². The molecule has 0 bridgehead atoms. The Hall–Kier alpha value is -2.49. The molecule has 0 N–H and O–H groups in total. The normalized spacial score (nSPS) is 18.3. The molecule has 0 aromatic heterocycles. The maximum Gasteiger partial charge on any atom is 0.246 e. The Morgan fingerprint density at radius 3 is 2.19 bits per heavy atom. The number of rotatable bonds is 9. The van der Waals surface area contributed by atoms with Gasteiger partial charge in [0.25, 0.3) is 0 Å². The summed E-state index contributed by atoms with van der Waals surface area (Å²) in [5, 5.41) is 0.619. The molecule has 2 aliphatic rings. The van der Waals surface area contributed by atoms with Crippen molar-refractivity contribution in [3.63, 3.8) is 0 Å². The number of benzene rings is 2. The van der Waals surface area contributed by atoms with Crippen LogP contribution < -0.4 is 14.2 Å². The number of methoxy groups -OCH3 is 2. The van der Waals surface area contributed by atoms with Gasteiger partial charge >= 0.3 is 0 Å². The molecule has 4 rings (SSSR count). The Morgan fingerprint density at radius 1 is 0.919 bits per heavy atom. The van der Waals surface area contributed by atoms with Crippen molar-refractivity contribution < 1.29 is 27.4 Å². The summed E-state index contributed by atoms with van der Waals surface area (Å²) in [5.74, 6) is 1.49. The first-order valence-corrected chi connectivity index (χ1v) is 14.5. The maximum absolute atomic E-state index is 13.6. The zero-order valence-electron chi connectivity index (χ0n) is 21.4. The summed E-state index contributed by atoms with van der Waals surface area (Å²) in [6.07, 6.45) is 4.53. The zero-order valence-corrected chi connectivity index (χ0v) is 23.0. The molecule has 0 radical (unpaired) electrons. The van der Waals surface area contributed by atoms with Crippen LogP contribution in [0.1, 0.15) is 38.5 Å². The third-order valence-electron chi connectivity index (χ3n) is 7.37. The summed E-state index contributed by atoms with van der Waals surface area (Å²) in [7, 11) is -0.891. The van der Waals surface area contributed by atoms with Crippen molar-refractivity contribution in [3.8, 4) is 17.2 Å². The summed E-state index contributed by atoms with van der Waals surface area (Å²) in [5.41, 5.74) is -0.474. The lowest BCUT2D eigenvalue weighted by Crippen LogP contribution is -2.48. The number of likely N-dealkylation sites (tertiary alicyclic amines) is 1. The molecular weight excluding hydrogens is 516 g/mol. The molecule has 2 aromatic carbocycles. The third kappa shape index (κ3) is 6.51. The van der Waals surface area contributed by atoms with Gasteiger partial charge in [0.2, 0.25) is 15.9 Å². The number of halogens is 1. The number of hydrogen-bond donors (Lipinski definition) is 0. The fourth-order valence-electron chi connectivity index (χ4n) is 5.04. The SMILES string of the molecule is COc1ccc(OC)c(S(=O)(=O)N2CCC(COc3ccc(Cl)cc3)(CC(=O)N3CCCCC3)CC2)c1. The highest BCUT2D eigenvalue weighted by molar-refractivity contribution is 7.89. The van der Waals surface area contributed by atoms with Crippen molar-refractivity contribution in [1.82, 2.24) is 9.21 Å². The summed E-state index contributed by atoms with van der Waals surface area (Å²) in [6, 6.07) is 11.9. The van der Waals surface area contributed by atoms with Gasteiger partial charge in [-0.3, -0.25) is 4.79 Å². The lowest BCUT2D eigenvalue weighted by atomic mass is 9.76. The molecule has 1 amide bonds. The van der Waals surface area contributed by atoms with Gasteiger partial charge in [0.05, 0.1) is 20.8 Å². The second kappa shape index (κ2) is 11.9. The number of piperidine rings is 2. The predicted molar refractivity (Wildman–Crippen MR) is 142 cm³/mol. The minimum Gasteiger partial charge on any atom is -0.497 e. The van der Waals surface area contributed by atoms with Crippen molar-refractivity contribution >= 4 is 27.5 Å². The fraction of sp³-hybridized carbons (Fsp3) is 0.519. The number of hydrogen-bond acceptors (Lipinski definition) is 6. The first-order valence-electron chi connectivity index (χ1n) is 12.6. The summed E-state index contributed by atoms with van der Waals surface area (Å²) >= 11 is 6.01. The summed E-state index contributed by atoms with van der Waals surface area (Å²) in [4.78, 5) is 15.3. The highest BCUT2D eigenvalue weighted by atomic mass is 35.5. The molecule has 0 atom stereocenters. The minimum absolute atomic E-state index is 0.0728. The Bertz CT molecular complexity index is 1170. The van der Waals surface area contributed by atoms with Gasteiger partial charge in [-0.05, 0) is 68.5 Å². The van der Waals surface area contributed by atoms with E-state index in [9.17, 15) is 13.2 Å². The van der Waals surface area contributed by atoms with Crippen molar-refractivity contribution in [2.75, 3.05) is 47.0 Å². The Morgan fingerprint density at radius 2 is 1.57 bits per heavy atom. The van der Waals surface area contributed by atoms with E-state index in [2.05, 4.69) is 0 Å². The van der Waals surface area contributed by atoms with Crippen LogP contribution in [0.15, 0.2) is 47.4 Å². The van der Waals surface area contributed by atoms with Gasteiger partial charge in [-0.15, -0.1) is 0 Å². The van der Waals surface area contributed by atoms with Crippen LogP contribution in [0.4, 0.5) is 0 Å².